The van der Waals surface area contributed by atoms with Crippen LogP contribution in [0.2, 0.25) is 0 Å². The number of hydrogen-bond donors (Lipinski definition) is 2. The Kier molecular flexibility index (Phi) is 8.03. The van der Waals surface area contributed by atoms with Gasteiger partial charge in [-0.3, -0.25) is 0 Å². The Balaban J connectivity index is 0.000000200. The van der Waals surface area contributed by atoms with Gasteiger partial charge in [0.15, 0.2) is 0 Å². The normalized spacial score (nSPS) is 34.8. The lowest BCUT2D eigenvalue weighted by molar-refractivity contribution is 0.0433. The second kappa shape index (κ2) is 8.98. The number of likely N-dealkylation sites (N-methyl/N-ethyl adjacent to an activating group) is 2. The van der Waals surface area contributed by atoms with Crippen molar-refractivity contribution >= 4 is 0 Å². The van der Waals surface area contributed by atoms with Crippen molar-refractivity contribution in [3.8, 4) is 0 Å². The second-order valence-corrected chi connectivity index (χ2v) is 6.77. The molecular weight excluding hydrogens is 252 g/mol. The van der Waals surface area contributed by atoms with E-state index in [1.54, 1.807) is 0 Å². The summed E-state index contributed by atoms with van der Waals surface area (Å²) in [6, 6.07) is 0.822. The highest BCUT2D eigenvalue weighted by molar-refractivity contribution is 4.80. The molecule has 2 fully saturated rings. The molecule has 2 N–H and O–H groups in total. The Morgan fingerprint density at radius 3 is 1.10 bits per heavy atom. The van der Waals surface area contributed by atoms with Gasteiger partial charge in [0.1, 0.15) is 0 Å². The molecule has 2 aliphatic carbocycles. The first-order valence-electron chi connectivity index (χ1n) is 8.12. The Labute approximate surface area is 124 Å². The summed E-state index contributed by atoms with van der Waals surface area (Å²) in [6.45, 7) is 0. The topological polar surface area (TPSA) is 46.9 Å². The van der Waals surface area contributed by atoms with E-state index in [-0.39, 0.29) is 12.2 Å². The monoisotopic (exact) mass is 286 g/mol. The van der Waals surface area contributed by atoms with E-state index < -0.39 is 0 Å². The number of aliphatic hydroxyl groups is 2. The standard InChI is InChI=1S/2C8H17NO/c2*1-9(2)7-5-3-4-6-8(7)10/h2*7-8,10H,3-6H2,1-2H3/t2*7-,8-/m10/s1. The lowest BCUT2D eigenvalue weighted by Gasteiger charge is -2.32. The predicted octanol–water partition coefficient (Wildman–Crippen LogP) is 1.70. The highest BCUT2D eigenvalue weighted by Crippen LogP contribution is 2.21. The van der Waals surface area contributed by atoms with Crippen molar-refractivity contribution in [2.45, 2.75) is 75.7 Å². The van der Waals surface area contributed by atoms with Crippen LogP contribution >= 0.6 is 0 Å². The number of rotatable bonds is 2. The van der Waals surface area contributed by atoms with E-state index in [1.807, 2.05) is 28.2 Å². The molecule has 2 rings (SSSR count). The first-order chi connectivity index (χ1) is 9.43. The Morgan fingerprint density at radius 2 is 0.900 bits per heavy atom. The van der Waals surface area contributed by atoms with E-state index in [4.69, 9.17) is 0 Å². The summed E-state index contributed by atoms with van der Waals surface area (Å²) < 4.78 is 0. The van der Waals surface area contributed by atoms with Gasteiger partial charge in [-0.15, -0.1) is 0 Å². The molecule has 2 saturated carbocycles. The van der Waals surface area contributed by atoms with Crippen molar-refractivity contribution in [2.24, 2.45) is 0 Å². The first kappa shape index (κ1) is 17.9. The summed E-state index contributed by atoms with van der Waals surface area (Å²) in [7, 11) is 8.16. The summed E-state index contributed by atoms with van der Waals surface area (Å²) in [4.78, 5) is 4.26. The fourth-order valence-electron chi connectivity index (χ4n) is 3.39. The first-order valence-corrected chi connectivity index (χ1v) is 8.12. The average Bonchev–Trinajstić information content (AvgIpc) is 2.40. The molecule has 4 heteroatoms. The molecule has 4 atom stereocenters. The Bertz CT molecular complexity index is 233. The average molecular weight is 286 g/mol. The van der Waals surface area contributed by atoms with E-state index in [0.717, 1.165) is 25.7 Å². The summed E-state index contributed by atoms with van der Waals surface area (Å²) in [6.07, 6.45) is 9.10. The SMILES string of the molecule is CN(C)[C@@H]1CCCC[C@H]1O.CN(C)[C@H]1CCCC[C@@H]1O. The van der Waals surface area contributed by atoms with Crippen LogP contribution in [-0.2, 0) is 0 Å². The third-order valence-corrected chi connectivity index (χ3v) is 4.71. The zero-order chi connectivity index (χ0) is 15.1. The molecule has 120 valence electrons. The van der Waals surface area contributed by atoms with Gasteiger partial charge >= 0.3 is 0 Å². The molecule has 0 heterocycles. The molecule has 0 aromatic carbocycles. The zero-order valence-corrected chi connectivity index (χ0v) is 13.8. The van der Waals surface area contributed by atoms with E-state index in [9.17, 15) is 10.2 Å². The van der Waals surface area contributed by atoms with Crippen molar-refractivity contribution in [1.29, 1.82) is 0 Å². The van der Waals surface area contributed by atoms with Crippen molar-refractivity contribution in [3.05, 3.63) is 0 Å². The predicted molar refractivity (Wildman–Crippen MR) is 83.9 cm³/mol. The van der Waals surface area contributed by atoms with Gasteiger partial charge in [-0.05, 0) is 53.9 Å². The zero-order valence-electron chi connectivity index (χ0n) is 13.8. The van der Waals surface area contributed by atoms with Crippen molar-refractivity contribution in [3.63, 3.8) is 0 Å². The molecule has 0 amide bonds. The van der Waals surface area contributed by atoms with E-state index in [1.165, 1.54) is 25.7 Å². The van der Waals surface area contributed by atoms with E-state index >= 15 is 0 Å². The molecular formula is C16H34N2O2. The quantitative estimate of drug-likeness (QED) is 0.811. The highest BCUT2D eigenvalue weighted by atomic mass is 16.3. The molecule has 0 spiro atoms. The van der Waals surface area contributed by atoms with Gasteiger partial charge in [-0.1, -0.05) is 25.7 Å². The highest BCUT2D eigenvalue weighted by Gasteiger charge is 2.24. The van der Waals surface area contributed by atoms with E-state index in [2.05, 4.69) is 9.80 Å². The number of hydrogen-bond acceptors (Lipinski definition) is 4. The van der Waals surface area contributed by atoms with Gasteiger partial charge in [0, 0.05) is 12.1 Å². The summed E-state index contributed by atoms with van der Waals surface area (Å²) >= 11 is 0. The third kappa shape index (κ3) is 5.68. The molecule has 0 aliphatic heterocycles. The molecule has 0 unspecified atom stereocenters. The summed E-state index contributed by atoms with van der Waals surface area (Å²) in [5, 5.41) is 19.0. The van der Waals surface area contributed by atoms with Crippen LogP contribution in [0.4, 0.5) is 0 Å². The molecule has 0 aromatic rings. The van der Waals surface area contributed by atoms with Crippen LogP contribution < -0.4 is 0 Å². The fraction of sp³-hybridized carbons (Fsp3) is 1.00. The van der Waals surface area contributed by atoms with E-state index in [0.29, 0.717) is 12.1 Å². The second-order valence-electron chi connectivity index (χ2n) is 6.77. The molecule has 0 radical (unpaired) electrons. The number of aliphatic hydroxyl groups excluding tert-OH is 2. The van der Waals surface area contributed by atoms with Gasteiger partial charge in [0.2, 0.25) is 0 Å². The van der Waals surface area contributed by atoms with Crippen molar-refractivity contribution < 1.29 is 10.2 Å². The van der Waals surface area contributed by atoms with Crippen molar-refractivity contribution in [1.82, 2.24) is 9.80 Å². The van der Waals surface area contributed by atoms with Gasteiger partial charge in [-0.2, -0.15) is 0 Å². The van der Waals surface area contributed by atoms with Crippen LogP contribution in [-0.4, -0.2) is 72.5 Å². The largest absolute Gasteiger partial charge is 0.391 e. The summed E-state index contributed by atoms with van der Waals surface area (Å²) in [5.41, 5.74) is 0. The maximum absolute atomic E-state index is 9.50. The smallest absolute Gasteiger partial charge is 0.0695 e. The van der Waals surface area contributed by atoms with Crippen molar-refractivity contribution in [2.75, 3.05) is 28.2 Å². The fourth-order valence-corrected chi connectivity index (χ4v) is 3.39. The summed E-state index contributed by atoms with van der Waals surface area (Å²) in [5.74, 6) is 0. The maximum atomic E-state index is 9.50. The van der Waals surface area contributed by atoms with Crippen LogP contribution in [0.25, 0.3) is 0 Å². The van der Waals surface area contributed by atoms with Gasteiger partial charge < -0.3 is 20.0 Å². The lowest BCUT2D eigenvalue weighted by Crippen LogP contribution is -2.41. The van der Waals surface area contributed by atoms with Gasteiger partial charge in [-0.25, -0.2) is 0 Å². The Hall–Kier alpha value is -0.160. The molecule has 0 aromatic heterocycles. The maximum Gasteiger partial charge on any atom is 0.0695 e. The molecule has 2 aliphatic rings. The van der Waals surface area contributed by atoms with Crippen LogP contribution in [0.5, 0.6) is 0 Å². The van der Waals surface area contributed by atoms with Crippen LogP contribution in [0.3, 0.4) is 0 Å². The minimum atomic E-state index is -0.0799. The molecule has 20 heavy (non-hydrogen) atoms. The third-order valence-electron chi connectivity index (χ3n) is 4.71. The Morgan fingerprint density at radius 1 is 0.600 bits per heavy atom. The van der Waals surface area contributed by atoms with Gasteiger partial charge in [0.05, 0.1) is 12.2 Å². The minimum absolute atomic E-state index is 0.0799. The lowest BCUT2D eigenvalue weighted by atomic mass is 9.92. The number of nitrogens with zero attached hydrogens (tertiary/aromatic N) is 2. The molecule has 0 saturated heterocycles. The van der Waals surface area contributed by atoms with Crippen LogP contribution in [0.1, 0.15) is 51.4 Å². The van der Waals surface area contributed by atoms with Gasteiger partial charge in [0.25, 0.3) is 0 Å². The molecule has 0 bridgehead atoms. The molecule has 4 nitrogen and oxygen atoms in total. The minimum Gasteiger partial charge on any atom is -0.391 e. The van der Waals surface area contributed by atoms with Crippen LogP contribution in [0.15, 0.2) is 0 Å². The van der Waals surface area contributed by atoms with Crippen LogP contribution in [0, 0.1) is 0 Å².